The van der Waals surface area contributed by atoms with E-state index in [4.69, 9.17) is 18.9 Å². The van der Waals surface area contributed by atoms with Gasteiger partial charge in [0.1, 0.15) is 6.04 Å². The minimum Gasteiger partial charge on any atom is -0.493 e. The van der Waals surface area contributed by atoms with Crippen LogP contribution in [0.25, 0.3) is 11.1 Å². The number of methoxy groups -OCH3 is 3. The van der Waals surface area contributed by atoms with E-state index in [2.05, 4.69) is 20.9 Å². The molecule has 2 aromatic carbocycles. The van der Waals surface area contributed by atoms with Crippen molar-refractivity contribution < 1.29 is 33.3 Å². The fraction of sp³-hybridized carbons (Fsp3) is 0.424. The number of ether oxygens (including phenoxy) is 4. The molecule has 3 aromatic rings. The summed E-state index contributed by atoms with van der Waals surface area (Å²) in [5.41, 5.74) is 3.25. The quantitative estimate of drug-likeness (QED) is 0.238. The Morgan fingerprint density at radius 2 is 1.80 bits per heavy atom. The van der Waals surface area contributed by atoms with Crippen molar-refractivity contribution in [1.29, 1.82) is 0 Å². The molecule has 1 aromatic heterocycles. The van der Waals surface area contributed by atoms with E-state index >= 15 is 0 Å². The third-order valence-electron chi connectivity index (χ3n) is 7.59. The Hall–Kier alpha value is -4.65. The highest BCUT2D eigenvalue weighted by molar-refractivity contribution is 7.14. The zero-order valence-electron chi connectivity index (χ0n) is 27.1. The van der Waals surface area contributed by atoms with E-state index in [1.807, 2.05) is 19.9 Å². The molecule has 0 fully saturated rings. The van der Waals surface area contributed by atoms with E-state index < -0.39 is 18.1 Å². The Balaban J connectivity index is 1.74. The maximum Gasteiger partial charge on any atom is 0.311 e. The number of fused-ring (bicyclic) bond motifs is 3. The number of hydrogen-bond donors (Lipinski definition) is 3. The predicted molar refractivity (Wildman–Crippen MR) is 176 cm³/mol. The smallest absolute Gasteiger partial charge is 0.311 e. The average molecular weight is 653 g/mol. The number of thiazole rings is 1. The van der Waals surface area contributed by atoms with Gasteiger partial charge in [0, 0.05) is 17.9 Å². The van der Waals surface area contributed by atoms with Crippen LogP contribution in [-0.2, 0) is 32.0 Å². The van der Waals surface area contributed by atoms with Crippen molar-refractivity contribution >= 4 is 39.9 Å². The molecule has 2 unspecified atom stereocenters. The summed E-state index contributed by atoms with van der Waals surface area (Å²) in [5.74, 6) is 0.119. The first kappa shape index (κ1) is 34.2. The molecular weight excluding hydrogens is 612 g/mol. The molecule has 0 saturated carbocycles. The molecule has 0 saturated heterocycles. The number of hydrogen-bond acceptors (Lipinski definition) is 11. The summed E-state index contributed by atoms with van der Waals surface area (Å²) < 4.78 is 22.1. The Morgan fingerprint density at radius 1 is 1.07 bits per heavy atom. The van der Waals surface area contributed by atoms with E-state index in [0.29, 0.717) is 52.0 Å². The van der Waals surface area contributed by atoms with Crippen molar-refractivity contribution in [2.75, 3.05) is 38.6 Å². The van der Waals surface area contributed by atoms with Crippen LogP contribution >= 0.6 is 11.3 Å². The number of nitrogens with one attached hydrogen (secondary N) is 3. The standard InChI is InChI=1S/C33H40N4O8S/c1-8-45-27(40)14-20-16-46-33(35-20)37-32(41)29(17(2)3)36-24-12-10-21-22(15-25(24)39)23(34-18(4)38)11-9-19-13-26(42-5)30(43-6)31(44-7)28(19)21/h10,12-13,15-17,23,29H,8-9,11,14H2,1-7H3,(H,34,38)(H,36,39)(H,35,37,41). The summed E-state index contributed by atoms with van der Waals surface area (Å²) in [6.07, 6.45) is 1.10. The summed E-state index contributed by atoms with van der Waals surface area (Å²) in [5, 5.41) is 11.0. The molecule has 3 N–H and O–H groups in total. The van der Waals surface area contributed by atoms with E-state index in [-0.39, 0.29) is 41.9 Å². The van der Waals surface area contributed by atoms with E-state index in [1.54, 1.807) is 31.5 Å². The summed E-state index contributed by atoms with van der Waals surface area (Å²) in [6, 6.07) is 5.56. The molecule has 246 valence electrons. The van der Waals surface area contributed by atoms with Crippen molar-refractivity contribution in [3.05, 3.63) is 56.7 Å². The van der Waals surface area contributed by atoms with Gasteiger partial charge in [-0.15, -0.1) is 11.3 Å². The normalized spacial score (nSPS) is 14.2. The lowest BCUT2D eigenvalue weighted by molar-refractivity contribution is -0.142. The van der Waals surface area contributed by atoms with Crippen molar-refractivity contribution in [1.82, 2.24) is 10.3 Å². The van der Waals surface area contributed by atoms with E-state index in [9.17, 15) is 19.2 Å². The van der Waals surface area contributed by atoms with Crippen LogP contribution in [0.5, 0.6) is 17.2 Å². The van der Waals surface area contributed by atoms with Gasteiger partial charge in [-0.05, 0) is 60.6 Å². The minimum absolute atomic E-state index is 0.00282. The maximum atomic E-state index is 13.8. The lowest BCUT2D eigenvalue weighted by atomic mass is 9.95. The van der Waals surface area contributed by atoms with E-state index in [1.165, 1.54) is 38.5 Å². The van der Waals surface area contributed by atoms with Gasteiger partial charge in [0.05, 0.1) is 51.8 Å². The highest BCUT2D eigenvalue weighted by atomic mass is 32.1. The number of nitrogens with zero attached hydrogens (tertiary/aromatic N) is 1. The topological polar surface area (TPSA) is 154 Å². The molecule has 0 radical (unpaired) electrons. The number of carbonyl (C=O) groups excluding carboxylic acids is 3. The van der Waals surface area contributed by atoms with Gasteiger partial charge < -0.3 is 34.9 Å². The summed E-state index contributed by atoms with van der Waals surface area (Å²) in [4.78, 5) is 55.6. The number of benzene rings is 1. The Morgan fingerprint density at radius 3 is 2.43 bits per heavy atom. The molecule has 0 spiro atoms. The molecule has 13 heteroatoms. The molecule has 1 aliphatic carbocycles. The summed E-state index contributed by atoms with van der Waals surface area (Å²) in [6.45, 7) is 7.16. The molecule has 1 aliphatic rings. The van der Waals surface area contributed by atoms with Gasteiger partial charge in [-0.25, -0.2) is 4.98 Å². The average Bonchev–Trinajstić information content (AvgIpc) is 3.30. The van der Waals surface area contributed by atoms with Crippen LogP contribution in [0.15, 0.2) is 34.4 Å². The van der Waals surface area contributed by atoms with Crippen LogP contribution in [0.1, 0.15) is 57.0 Å². The Bertz CT molecular complexity index is 1670. The minimum atomic E-state index is -0.801. The van der Waals surface area contributed by atoms with Gasteiger partial charge in [0.15, 0.2) is 16.6 Å². The second-order valence-corrected chi connectivity index (χ2v) is 11.9. The van der Waals surface area contributed by atoms with Crippen molar-refractivity contribution in [2.45, 2.75) is 59.0 Å². The number of aromatic nitrogens is 1. The lowest BCUT2D eigenvalue weighted by Crippen LogP contribution is -2.39. The van der Waals surface area contributed by atoms with E-state index in [0.717, 1.165) is 11.1 Å². The molecule has 12 nitrogen and oxygen atoms in total. The molecule has 1 heterocycles. The highest BCUT2D eigenvalue weighted by Gasteiger charge is 2.30. The van der Waals surface area contributed by atoms with Crippen molar-refractivity contribution in [2.24, 2.45) is 5.92 Å². The zero-order chi connectivity index (χ0) is 33.5. The Kier molecular flexibility index (Phi) is 11.2. The van der Waals surface area contributed by atoms with Crippen LogP contribution in [0.3, 0.4) is 0 Å². The van der Waals surface area contributed by atoms with Crippen LogP contribution in [0, 0.1) is 5.92 Å². The predicted octanol–water partition coefficient (Wildman–Crippen LogP) is 4.50. The summed E-state index contributed by atoms with van der Waals surface area (Å²) in [7, 11) is 4.61. The van der Waals surface area contributed by atoms with Gasteiger partial charge in [0.2, 0.25) is 23.0 Å². The fourth-order valence-electron chi connectivity index (χ4n) is 5.52. The number of amides is 2. The first-order valence-electron chi connectivity index (χ1n) is 15.0. The van der Waals surface area contributed by atoms with Crippen LogP contribution in [-0.4, -0.2) is 56.7 Å². The van der Waals surface area contributed by atoms with Gasteiger partial charge in [-0.3, -0.25) is 19.2 Å². The molecule has 2 atom stereocenters. The second-order valence-electron chi connectivity index (χ2n) is 11.1. The van der Waals surface area contributed by atoms with Crippen molar-refractivity contribution in [3.63, 3.8) is 0 Å². The number of rotatable bonds is 12. The largest absolute Gasteiger partial charge is 0.493 e. The van der Waals surface area contributed by atoms with Crippen LogP contribution in [0.4, 0.5) is 10.8 Å². The molecule has 0 aliphatic heterocycles. The highest BCUT2D eigenvalue weighted by Crippen LogP contribution is 2.50. The van der Waals surface area contributed by atoms with Gasteiger partial charge in [-0.1, -0.05) is 19.9 Å². The fourth-order valence-corrected chi connectivity index (χ4v) is 6.23. The van der Waals surface area contributed by atoms with Crippen LogP contribution in [0.2, 0.25) is 0 Å². The van der Waals surface area contributed by atoms with Crippen LogP contribution < -0.4 is 35.6 Å². The molecule has 4 rings (SSSR count). The Labute approximate surface area is 271 Å². The second kappa shape index (κ2) is 15.1. The van der Waals surface area contributed by atoms with Gasteiger partial charge in [-0.2, -0.15) is 0 Å². The molecule has 46 heavy (non-hydrogen) atoms. The molecule has 2 amide bonds. The number of esters is 1. The zero-order valence-corrected chi connectivity index (χ0v) is 27.9. The van der Waals surface area contributed by atoms with Gasteiger partial charge >= 0.3 is 5.97 Å². The number of carbonyl (C=O) groups is 3. The monoisotopic (exact) mass is 652 g/mol. The van der Waals surface area contributed by atoms with Gasteiger partial charge in [0.25, 0.3) is 0 Å². The number of anilines is 2. The summed E-state index contributed by atoms with van der Waals surface area (Å²) >= 11 is 1.20. The molecule has 0 bridgehead atoms. The maximum absolute atomic E-state index is 13.8. The molecular formula is C33H40N4O8S. The SMILES string of the molecule is CCOC(=O)Cc1csc(NC(=O)C(Nc2ccc3c(cc2=O)C(NC(C)=O)CCc2cc(OC)c(OC)c(OC)c2-3)C(C)C)n1. The first-order valence-corrected chi connectivity index (χ1v) is 15.8. The third-order valence-corrected chi connectivity index (χ3v) is 8.40. The van der Waals surface area contributed by atoms with Crippen molar-refractivity contribution in [3.8, 4) is 28.4 Å². The third kappa shape index (κ3) is 7.58. The lowest BCUT2D eigenvalue weighted by Gasteiger charge is -2.21. The number of aryl methyl sites for hydroxylation is 1. The first-order chi connectivity index (χ1) is 22.0.